The summed E-state index contributed by atoms with van der Waals surface area (Å²) in [5.74, 6) is 0.662. The zero-order chi connectivity index (χ0) is 17.6. The fourth-order valence-corrected chi connectivity index (χ4v) is 3.72. The number of nitrogens with zero attached hydrogens (tertiary/aromatic N) is 1. The van der Waals surface area contributed by atoms with Crippen molar-refractivity contribution < 1.29 is 14.3 Å². The normalized spacial score (nSPS) is 17.2. The molecule has 0 saturated carbocycles. The lowest BCUT2D eigenvalue weighted by molar-refractivity contribution is -0.126. The Bertz CT molecular complexity index is 713. The third-order valence-electron chi connectivity index (χ3n) is 4.42. The third-order valence-corrected chi connectivity index (χ3v) is 5.28. The number of carbonyl (C=O) groups is 2. The summed E-state index contributed by atoms with van der Waals surface area (Å²) in [6, 6.07) is 10.9. The van der Waals surface area contributed by atoms with Gasteiger partial charge < -0.3 is 15.0 Å². The Morgan fingerprint density at radius 1 is 1.24 bits per heavy atom. The van der Waals surface area contributed by atoms with Crippen LogP contribution in [0, 0.1) is 0 Å². The van der Waals surface area contributed by atoms with Crippen molar-refractivity contribution in [2.24, 2.45) is 0 Å². The van der Waals surface area contributed by atoms with E-state index in [1.165, 1.54) is 11.3 Å². The monoisotopic (exact) mass is 358 g/mol. The molecule has 132 valence electrons. The first kappa shape index (κ1) is 17.5. The summed E-state index contributed by atoms with van der Waals surface area (Å²) < 4.78 is 5.14. The summed E-state index contributed by atoms with van der Waals surface area (Å²) in [6.45, 7) is 1.08. The van der Waals surface area contributed by atoms with Gasteiger partial charge in [0.2, 0.25) is 5.91 Å². The number of rotatable bonds is 5. The van der Waals surface area contributed by atoms with Crippen LogP contribution in [0.15, 0.2) is 41.8 Å². The summed E-state index contributed by atoms with van der Waals surface area (Å²) in [5.41, 5.74) is 1.00. The van der Waals surface area contributed by atoms with E-state index in [1.54, 1.807) is 12.0 Å². The summed E-state index contributed by atoms with van der Waals surface area (Å²) in [4.78, 5) is 27.7. The van der Waals surface area contributed by atoms with Crippen LogP contribution in [-0.2, 0) is 11.3 Å². The lowest BCUT2D eigenvalue weighted by atomic mass is 10.0. The van der Waals surface area contributed by atoms with E-state index in [4.69, 9.17) is 4.74 Å². The SMILES string of the molecule is COc1ccc(CNC(=O)C2CCCCN2C(=O)c2cccs2)cc1. The maximum atomic E-state index is 12.7. The number of amides is 2. The van der Waals surface area contributed by atoms with Crippen molar-refractivity contribution in [3.63, 3.8) is 0 Å². The molecule has 1 aromatic carbocycles. The second-order valence-electron chi connectivity index (χ2n) is 6.05. The summed E-state index contributed by atoms with van der Waals surface area (Å²) in [6.07, 6.45) is 2.62. The maximum Gasteiger partial charge on any atom is 0.264 e. The van der Waals surface area contributed by atoms with Crippen LogP contribution >= 0.6 is 11.3 Å². The first-order valence-electron chi connectivity index (χ1n) is 8.44. The Morgan fingerprint density at radius 3 is 2.72 bits per heavy atom. The van der Waals surface area contributed by atoms with E-state index in [2.05, 4.69) is 5.32 Å². The number of methoxy groups -OCH3 is 1. The first-order valence-corrected chi connectivity index (χ1v) is 9.32. The zero-order valence-electron chi connectivity index (χ0n) is 14.2. The van der Waals surface area contributed by atoms with Gasteiger partial charge >= 0.3 is 0 Å². The molecule has 6 heteroatoms. The molecule has 2 aromatic rings. The average molecular weight is 358 g/mol. The highest BCUT2D eigenvalue weighted by Gasteiger charge is 2.32. The van der Waals surface area contributed by atoms with Crippen LogP contribution in [0.3, 0.4) is 0 Å². The number of hydrogen-bond donors (Lipinski definition) is 1. The summed E-state index contributed by atoms with van der Waals surface area (Å²) >= 11 is 1.42. The number of benzene rings is 1. The molecule has 1 aliphatic rings. The molecule has 1 unspecified atom stereocenters. The summed E-state index contributed by atoms with van der Waals surface area (Å²) in [7, 11) is 1.62. The second-order valence-corrected chi connectivity index (χ2v) is 7.00. The number of carbonyl (C=O) groups excluding carboxylic acids is 2. The van der Waals surface area contributed by atoms with Gasteiger partial charge in [0.05, 0.1) is 12.0 Å². The zero-order valence-corrected chi connectivity index (χ0v) is 15.1. The predicted octanol–water partition coefficient (Wildman–Crippen LogP) is 3.07. The van der Waals surface area contributed by atoms with Crippen LogP contribution in [0.4, 0.5) is 0 Å². The molecule has 0 radical (unpaired) electrons. The molecular weight excluding hydrogens is 336 g/mol. The highest BCUT2D eigenvalue weighted by molar-refractivity contribution is 7.12. The highest BCUT2D eigenvalue weighted by atomic mass is 32.1. The topological polar surface area (TPSA) is 58.6 Å². The number of thiophene rings is 1. The Morgan fingerprint density at radius 2 is 2.04 bits per heavy atom. The molecule has 1 N–H and O–H groups in total. The van der Waals surface area contributed by atoms with Crippen LogP contribution in [0.25, 0.3) is 0 Å². The van der Waals surface area contributed by atoms with Crippen molar-refractivity contribution in [3.05, 3.63) is 52.2 Å². The average Bonchev–Trinajstić information content (AvgIpc) is 3.20. The first-order chi connectivity index (χ1) is 12.2. The van der Waals surface area contributed by atoms with E-state index in [1.807, 2.05) is 41.8 Å². The lowest BCUT2D eigenvalue weighted by Crippen LogP contribution is -2.51. The Labute approximate surface area is 151 Å². The molecule has 2 heterocycles. The van der Waals surface area contributed by atoms with Gasteiger partial charge in [-0.1, -0.05) is 18.2 Å². The molecule has 2 amide bonds. The second kappa shape index (κ2) is 8.16. The number of piperidine rings is 1. The minimum absolute atomic E-state index is 0.0423. The van der Waals surface area contributed by atoms with E-state index in [-0.39, 0.29) is 17.9 Å². The molecule has 25 heavy (non-hydrogen) atoms. The molecule has 5 nitrogen and oxygen atoms in total. The minimum Gasteiger partial charge on any atom is -0.497 e. The third kappa shape index (κ3) is 4.20. The predicted molar refractivity (Wildman–Crippen MR) is 97.8 cm³/mol. The smallest absolute Gasteiger partial charge is 0.264 e. The van der Waals surface area contributed by atoms with Crippen molar-refractivity contribution in [1.82, 2.24) is 10.2 Å². The van der Waals surface area contributed by atoms with E-state index < -0.39 is 0 Å². The molecule has 1 aliphatic heterocycles. The summed E-state index contributed by atoms with van der Waals surface area (Å²) in [5, 5.41) is 4.85. The van der Waals surface area contributed by atoms with E-state index in [0.717, 1.165) is 24.2 Å². The molecule has 0 spiro atoms. The van der Waals surface area contributed by atoms with Crippen molar-refractivity contribution in [2.75, 3.05) is 13.7 Å². The minimum atomic E-state index is -0.387. The number of ether oxygens (including phenoxy) is 1. The molecule has 1 fully saturated rings. The Kier molecular flexibility index (Phi) is 5.71. The van der Waals surface area contributed by atoms with Crippen LogP contribution in [0.2, 0.25) is 0 Å². The van der Waals surface area contributed by atoms with E-state index in [9.17, 15) is 9.59 Å². The molecular formula is C19H22N2O3S. The Hall–Kier alpha value is -2.34. The van der Waals surface area contributed by atoms with Crippen molar-refractivity contribution in [1.29, 1.82) is 0 Å². The number of nitrogens with one attached hydrogen (secondary N) is 1. The van der Waals surface area contributed by atoms with Crippen molar-refractivity contribution in [2.45, 2.75) is 31.8 Å². The van der Waals surface area contributed by atoms with Gasteiger partial charge in [0.25, 0.3) is 5.91 Å². The van der Waals surface area contributed by atoms with Crippen LogP contribution in [0.5, 0.6) is 5.75 Å². The maximum absolute atomic E-state index is 12.7. The van der Waals surface area contributed by atoms with Crippen LogP contribution in [-0.4, -0.2) is 36.4 Å². The fraction of sp³-hybridized carbons (Fsp3) is 0.368. The molecule has 1 saturated heterocycles. The molecule has 1 aromatic heterocycles. The van der Waals surface area contributed by atoms with Gasteiger partial charge in [-0.25, -0.2) is 0 Å². The van der Waals surface area contributed by atoms with Crippen molar-refractivity contribution in [3.8, 4) is 5.75 Å². The Balaban J connectivity index is 1.63. The van der Waals surface area contributed by atoms with Gasteiger partial charge in [0, 0.05) is 13.1 Å². The van der Waals surface area contributed by atoms with E-state index in [0.29, 0.717) is 24.4 Å². The van der Waals surface area contributed by atoms with Gasteiger partial charge in [-0.15, -0.1) is 11.3 Å². The molecule has 0 aliphatic carbocycles. The fourth-order valence-electron chi connectivity index (χ4n) is 3.04. The van der Waals surface area contributed by atoms with Gasteiger partial charge in [-0.3, -0.25) is 9.59 Å². The van der Waals surface area contributed by atoms with Gasteiger partial charge in [-0.2, -0.15) is 0 Å². The lowest BCUT2D eigenvalue weighted by Gasteiger charge is -2.34. The largest absolute Gasteiger partial charge is 0.497 e. The van der Waals surface area contributed by atoms with E-state index >= 15 is 0 Å². The molecule has 3 rings (SSSR count). The van der Waals surface area contributed by atoms with Gasteiger partial charge in [0.1, 0.15) is 11.8 Å². The van der Waals surface area contributed by atoms with Gasteiger partial charge in [-0.05, 0) is 48.4 Å². The quantitative estimate of drug-likeness (QED) is 0.894. The molecule has 0 bridgehead atoms. The van der Waals surface area contributed by atoms with Crippen molar-refractivity contribution >= 4 is 23.2 Å². The van der Waals surface area contributed by atoms with Gasteiger partial charge in [0.15, 0.2) is 0 Å². The molecule has 1 atom stereocenters. The van der Waals surface area contributed by atoms with Crippen LogP contribution < -0.4 is 10.1 Å². The number of hydrogen-bond acceptors (Lipinski definition) is 4. The number of likely N-dealkylation sites (tertiary alicyclic amines) is 1. The highest BCUT2D eigenvalue weighted by Crippen LogP contribution is 2.22. The standard InChI is InChI=1S/C19H22N2O3S/c1-24-15-9-7-14(8-10-15)13-20-18(22)16-5-2-3-11-21(16)19(23)17-6-4-12-25-17/h4,6-10,12,16H,2-3,5,11,13H2,1H3,(H,20,22). The van der Waals surface area contributed by atoms with Crippen LogP contribution in [0.1, 0.15) is 34.5 Å².